The van der Waals surface area contributed by atoms with Crippen molar-refractivity contribution in [2.45, 2.75) is 32.9 Å². The first kappa shape index (κ1) is 20.8. The van der Waals surface area contributed by atoms with Gasteiger partial charge in [-0.2, -0.15) is 0 Å². The first-order chi connectivity index (χ1) is 14.5. The normalized spacial score (nSPS) is 16.1. The second-order valence-electron chi connectivity index (χ2n) is 7.70. The van der Waals surface area contributed by atoms with E-state index in [4.69, 9.17) is 11.6 Å². The Morgan fingerprint density at radius 1 is 1.07 bits per heavy atom. The molecule has 1 fully saturated rings. The molecule has 2 heterocycles. The van der Waals surface area contributed by atoms with Crippen LogP contribution in [-0.2, 0) is 6.54 Å². The monoisotopic (exact) mass is 428 g/mol. The number of benzene rings is 2. The minimum atomic E-state index is -0.241. The maximum absolute atomic E-state index is 13.2. The van der Waals surface area contributed by atoms with Crippen molar-refractivity contribution in [3.05, 3.63) is 70.3 Å². The molecule has 0 spiro atoms. The van der Waals surface area contributed by atoms with Gasteiger partial charge in [0.15, 0.2) is 5.82 Å². The third-order valence-corrected chi connectivity index (χ3v) is 5.99. The Morgan fingerprint density at radius 2 is 1.80 bits per heavy atom. The Bertz CT molecular complexity index is 982. The smallest absolute Gasteiger partial charge is 0.168 e. The third kappa shape index (κ3) is 4.47. The van der Waals surface area contributed by atoms with Crippen LogP contribution < -0.4 is 4.90 Å². The topological polar surface area (TPSA) is 50.1 Å². The van der Waals surface area contributed by atoms with E-state index in [1.807, 2.05) is 16.8 Å². The van der Waals surface area contributed by atoms with Gasteiger partial charge in [0.2, 0.25) is 0 Å². The number of tetrazole rings is 1. The highest BCUT2D eigenvalue weighted by Gasteiger charge is 2.28. The number of rotatable bonds is 6. The fourth-order valence-electron chi connectivity index (χ4n) is 4.13. The zero-order chi connectivity index (χ0) is 21.1. The molecule has 158 valence electrons. The van der Waals surface area contributed by atoms with Crippen LogP contribution in [0.3, 0.4) is 0 Å². The van der Waals surface area contributed by atoms with E-state index in [0.29, 0.717) is 6.54 Å². The van der Waals surface area contributed by atoms with Crippen molar-refractivity contribution >= 4 is 17.3 Å². The molecule has 30 heavy (non-hydrogen) atoms. The number of halogens is 2. The van der Waals surface area contributed by atoms with E-state index in [-0.39, 0.29) is 11.9 Å². The molecule has 2 aromatic carbocycles. The molecule has 0 bridgehead atoms. The van der Waals surface area contributed by atoms with Gasteiger partial charge >= 0.3 is 0 Å². The van der Waals surface area contributed by atoms with Crippen molar-refractivity contribution in [1.82, 2.24) is 25.1 Å². The fraction of sp³-hybridized carbons (Fsp3) is 0.409. The van der Waals surface area contributed by atoms with Crippen LogP contribution in [-0.4, -0.2) is 51.3 Å². The van der Waals surface area contributed by atoms with E-state index in [9.17, 15) is 4.39 Å². The Morgan fingerprint density at radius 3 is 2.50 bits per heavy atom. The average molecular weight is 429 g/mol. The molecule has 0 aliphatic carbocycles. The van der Waals surface area contributed by atoms with Gasteiger partial charge in [0.25, 0.3) is 0 Å². The SMILES string of the molecule is CC[C@H](c1nnnn1Cc1ccc(F)cc1)N1CCN(c2cc(Cl)ccc2C)CC1. The van der Waals surface area contributed by atoms with E-state index in [2.05, 4.69) is 45.2 Å². The van der Waals surface area contributed by atoms with Gasteiger partial charge < -0.3 is 4.90 Å². The summed E-state index contributed by atoms with van der Waals surface area (Å²) >= 11 is 6.21. The molecule has 1 saturated heterocycles. The van der Waals surface area contributed by atoms with Gasteiger partial charge in [-0.15, -0.1) is 5.10 Å². The maximum atomic E-state index is 13.2. The Hall–Kier alpha value is -2.51. The fourth-order valence-corrected chi connectivity index (χ4v) is 4.29. The van der Waals surface area contributed by atoms with Crippen LogP contribution in [0.25, 0.3) is 0 Å². The highest BCUT2D eigenvalue weighted by atomic mass is 35.5. The minimum Gasteiger partial charge on any atom is -0.369 e. The van der Waals surface area contributed by atoms with Crippen molar-refractivity contribution in [1.29, 1.82) is 0 Å². The van der Waals surface area contributed by atoms with Gasteiger partial charge in [0, 0.05) is 36.9 Å². The summed E-state index contributed by atoms with van der Waals surface area (Å²) in [6.07, 6.45) is 0.917. The molecule has 0 unspecified atom stereocenters. The summed E-state index contributed by atoms with van der Waals surface area (Å²) in [7, 11) is 0. The van der Waals surface area contributed by atoms with Gasteiger partial charge in [0.05, 0.1) is 12.6 Å². The number of aromatic nitrogens is 4. The molecule has 1 aromatic heterocycles. The van der Waals surface area contributed by atoms with Crippen LogP contribution in [0.15, 0.2) is 42.5 Å². The lowest BCUT2D eigenvalue weighted by Crippen LogP contribution is -2.48. The molecule has 1 aliphatic rings. The van der Waals surface area contributed by atoms with Crippen LogP contribution in [0, 0.1) is 12.7 Å². The number of piperazine rings is 1. The van der Waals surface area contributed by atoms with Crippen molar-refractivity contribution in [3.8, 4) is 0 Å². The maximum Gasteiger partial charge on any atom is 0.168 e. The molecule has 0 amide bonds. The molecular formula is C22H26ClFN6. The molecule has 3 aromatic rings. The predicted molar refractivity (Wildman–Crippen MR) is 116 cm³/mol. The first-order valence-electron chi connectivity index (χ1n) is 10.3. The van der Waals surface area contributed by atoms with E-state index >= 15 is 0 Å². The summed E-state index contributed by atoms with van der Waals surface area (Å²) in [5, 5.41) is 13.2. The molecular weight excluding hydrogens is 403 g/mol. The number of nitrogens with zero attached hydrogens (tertiary/aromatic N) is 6. The quantitative estimate of drug-likeness (QED) is 0.591. The third-order valence-electron chi connectivity index (χ3n) is 5.76. The predicted octanol–water partition coefficient (Wildman–Crippen LogP) is 4.10. The molecule has 1 atom stereocenters. The zero-order valence-corrected chi connectivity index (χ0v) is 18.1. The Kier molecular flexibility index (Phi) is 6.29. The van der Waals surface area contributed by atoms with Crippen molar-refractivity contribution in [3.63, 3.8) is 0 Å². The molecule has 0 N–H and O–H groups in total. The first-order valence-corrected chi connectivity index (χ1v) is 10.7. The lowest BCUT2D eigenvalue weighted by molar-refractivity contribution is 0.169. The van der Waals surface area contributed by atoms with Crippen LogP contribution in [0.5, 0.6) is 0 Å². The lowest BCUT2D eigenvalue weighted by atomic mass is 10.1. The highest BCUT2D eigenvalue weighted by Crippen LogP contribution is 2.28. The number of anilines is 1. The molecule has 8 heteroatoms. The zero-order valence-electron chi connectivity index (χ0n) is 17.3. The van der Waals surface area contributed by atoms with E-state index in [1.165, 1.54) is 23.4 Å². The number of hydrogen-bond acceptors (Lipinski definition) is 5. The summed E-state index contributed by atoms with van der Waals surface area (Å²) in [6.45, 7) is 8.52. The van der Waals surface area contributed by atoms with Gasteiger partial charge in [-0.05, 0) is 59.2 Å². The van der Waals surface area contributed by atoms with Crippen LogP contribution in [0.4, 0.5) is 10.1 Å². The van der Waals surface area contributed by atoms with Crippen LogP contribution in [0.2, 0.25) is 5.02 Å². The van der Waals surface area contributed by atoms with Crippen molar-refractivity contribution in [2.24, 2.45) is 0 Å². The molecule has 0 radical (unpaired) electrons. The minimum absolute atomic E-state index is 0.142. The Balaban J connectivity index is 1.46. The summed E-state index contributed by atoms with van der Waals surface area (Å²) < 4.78 is 15.0. The highest BCUT2D eigenvalue weighted by molar-refractivity contribution is 6.30. The summed E-state index contributed by atoms with van der Waals surface area (Å²) in [6, 6.07) is 12.7. The Labute approximate surface area is 181 Å². The number of hydrogen-bond donors (Lipinski definition) is 0. The molecule has 1 aliphatic heterocycles. The number of aryl methyl sites for hydroxylation is 1. The van der Waals surface area contributed by atoms with Gasteiger partial charge in [-0.25, -0.2) is 9.07 Å². The largest absolute Gasteiger partial charge is 0.369 e. The van der Waals surface area contributed by atoms with Crippen LogP contribution >= 0.6 is 11.6 Å². The van der Waals surface area contributed by atoms with E-state index < -0.39 is 0 Å². The van der Waals surface area contributed by atoms with Crippen molar-refractivity contribution in [2.75, 3.05) is 31.1 Å². The second kappa shape index (κ2) is 9.10. The van der Waals surface area contributed by atoms with Gasteiger partial charge in [-0.1, -0.05) is 36.7 Å². The van der Waals surface area contributed by atoms with Gasteiger partial charge in [0.1, 0.15) is 5.82 Å². The van der Waals surface area contributed by atoms with E-state index in [1.54, 1.807) is 12.1 Å². The lowest BCUT2D eigenvalue weighted by Gasteiger charge is -2.40. The van der Waals surface area contributed by atoms with Crippen LogP contribution in [0.1, 0.15) is 36.3 Å². The standard InChI is InChI=1S/C22H26ClFN6/c1-3-20(22-25-26-27-30(22)15-17-5-8-19(24)9-6-17)28-10-12-29(13-11-28)21-14-18(23)7-4-16(21)2/h4-9,14,20H,3,10-13,15H2,1-2H3/t20-/m1/s1. The summed E-state index contributed by atoms with van der Waals surface area (Å²) in [4.78, 5) is 4.84. The van der Waals surface area contributed by atoms with Crippen molar-refractivity contribution < 1.29 is 4.39 Å². The summed E-state index contributed by atoms with van der Waals surface area (Å²) in [5.41, 5.74) is 3.42. The van der Waals surface area contributed by atoms with Gasteiger partial charge in [-0.3, -0.25) is 4.90 Å². The molecule has 0 saturated carbocycles. The summed E-state index contributed by atoms with van der Waals surface area (Å²) in [5.74, 6) is 0.615. The molecule has 6 nitrogen and oxygen atoms in total. The average Bonchev–Trinajstić information content (AvgIpc) is 3.20. The van der Waals surface area contributed by atoms with E-state index in [0.717, 1.165) is 49.0 Å². The molecule has 4 rings (SSSR count). The second-order valence-corrected chi connectivity index (χ2v) is 8.14.